The highest BCUT2D eigenvalue weighted by Crippen LogP contribution is 2.10. The quantitative estimate of drug-likeness (QED) is 0.0519. The number of phenols is 1. The number of phenolic OH excluding ortho intramolecular Hbond substituents is 1. The number of carbonyl (C=O) groups is 6. The van der Waals surface area contributed by atoms with E-state index in [4.69, 9.17) is 75.6 Å². The Kier molecular flexibility index (Phi) is 37.2. The molecule has 0 aliphatic carbocycles. The van der Waals surface area contributed by atoms with E-state index >= 15 is 0 Å². The number of nitrogens with two attached hydrogens (primary N) is 7. The molecule has 22 heteroatoms. The highest BCUT2D eigenvalue weighted by molar-refractivity contribution is 5.75. The van der Waals surface area contributed by atoms with Gasteiger partial charge in [-0.15, -0.1) is 0 Å². The molecule has 0 aliphatic rings. The van der Waals surface area contributed by atoms with Crippen molar-refractivity contribution < 1.29 is 64.5 Å². The van der Waals surface area contributed by atoms with E-state index < -0.39 is 66.0 Å². The molecule has 0 bridgehead atoms. The lowest BCUT2D eigenvalue weighted by Crippen LogP contribution is -2.34. The van der Waals surface area contributed by atoms with Gasteiger partial charge >= 0.3 is 35.8 Å². The van der Waals surface area contributed by atoms with Gasteiger partial charge in [0.2, 0.25) is 0 Å². The number of aromatic hydroxyl groups is 1. The summed E-state index contributed by atoms with van der Waals surface area (Å²) in [4.78, 5) is 60.0. The van der Waals surface area contributed by atoms with Crippen molar-refractivity contribution in [2.75, 3.05) is 13.1 Å². The van der Waals surface area contributed by atoms with E-state index in [1.54, 1.807) is 39.8 Å². The normalized spacial score (nSPS) is 12.6. The number of guanidine groups is 1. The number of carboxylic acid groups (broad SMARTS) is 6. The number of hydrogen-bond donors (Lipinski definition) is 16. The Labute approximate surface area is 320 Å². The predicted octanol–water partition coefficient (Wildman–Crippen LogP) is -1.41. The second kappa shape index (κ2) is 34.6. The van der Waals surface area contributed by atoms with Gasteiger partial charge in [0.1, 0.15) is 36.0 Å². The zero-order valence-electron chi connectivity index (χ0n) is 32.3. The maximum Gasteiger partial charge on any atom is 0.320 e. The fourth-order valence-electron chi connectivity index (χ4n) is 2.82. The predicted molar refractivity (Wildman–Crippen MR) is 205 cm³/mol. The average Bonchev–Trinajstić information content (AvgIpc) is 3.07. The molecule has 320 valence electrons. The van der Waals surface area contributed by atoms with E-state index in [1.807, 2.05) is 13.8 Å². The average molecular weight is 796 g/mol. The third-order valence-electron chi connectivity index (χ3n) is 6.26. The van der Waals surface area contributed by atoms with Crippen LogP contribution in [0.1, 0.15) is 66.4 Å². The van der Waals surface area contributed by atoms with Gasteiger partial charge in [0.05, 0.1) is 6.54 Å². The van der Waals surface area contributed by atoms with Gasteiger partial charge in [0.15, 0.2) is 5.96 Å². The molecule has 0 fully saturated rings. The SMILES string of the molecule is CC(C)C(N)C(=O)O.CC(C)C(N)C(=O)O.CC(C)CC(N)C(=O)O.N=C(N)NCCCC(N)C(=O)O.NC(Cc1ccc(O)cc1)C(=O)O.NCC(=O)O. The molecule has 5 unspecified atom stereocenters. The highest BCUT2D eigenvalue weighted by Gasteiger charge is 2.15. The number of benzene rings is 1. The Hall–Kier alpha value is -5.13. The topological polar surface area (TPSA) is 462 Å². The van der Waals surface area contributed by atoms with Crippen molar-refractivity contribution in [2.45, 2.75) is 97.4 Å². The third kappa shape index (κ3) is 43.2. The van der Waals surface area contributed by atoms with Gasteiger partial charge in [-0.3, -0.25) is 34.2 Å². The first kappa shape index (κ1) is 59.2. The van der Waals surface area contributed by atoms with Crippen LogP contribution < -0.4 is 45.5 Å². The van der Waals surface area contributed by atoms with E-state index in [0.717, 1.165) is 5.56 Å². The molecule has 0 amide bonds. The van der Waals surface area contributed by atoms with Crippen LogP contribution >= 0.6 is 0 Å². The molecule has 55 heavy (non-hydrogen) atoms. The fourth-order valence-corrected chi connectivity index (χ4v) is 2.82. The van der Waals surface area contributed by atoms with Crippen molar-refractivity contribution in [3.8, 4) is 5.75 Å². The zero-order valence-corrected chi connectivity index (χ0v) is 32.3. The Morgan fingerprint density at radius 1 is 0.655 bits per heavy atom. The summed E-state index contributed by atoms with van der Waals surface area (Å²) in [5.41, 5.74) is 36.4. The van der Waals surface area contributed by atoms with Crippen LogP contribution in [0.4, 0.5) is 0 Å². The molecule has 1 rings (SSSR count). The van der Waals surface area contributed by atoms with Crippen molar-refractivity contribution in [1.82, 2.24) is 5.32 Å². The molecule has 22 nitrogen and oxygen atoms in total. The second-order valence-corrected chi connectivity index (χ2v) is 12.6. The molecule has 0 radical (unpaired) electrons. The largest absolute Gasteiger partial charge is 0.508 e. The van der Waals surface area contributed by atoms with E-state index in [-0.39, 0.29) is 36.5 Å². The van der Waals surface area contributed by atoms with Crippen molar-refractivity contribution in [1.29, 1.82) is 5.41 Å². The minimum atomic E-state index is -1.02. The lowest BCUT2D eigenvalue weighted by atomic mass is 10.1. The second-order valence-electron chi connectivity index (χ2n) is 12.6. The van der Waals surface area contributed by atoms with Gasteiger partial charge < -0.3 is 81.2 Å². The Bertz CT molecular complexity index is 1230. The lowest BCUT2D eigenvalue weighted by Gasteiger charge is -2.07. The molecule has 0 heterocycles. The number of aliphatic carboxylic acids is 6. The third-order valence-corrected chi connectivity index (χ3v) is 6.26. The fraction of sp³-hybridized carbons (Fsp3) is 0.606. The summed E-state index contributed by atoms with van der Waals surface area (Å²) in [6.45, 7) is 11.2. The molecule has 23 N–H and O–H groups in total. The minimum absolute atomic E-state index is 0.0208. The molecular weight excluding hydrogens is 730 g/mol. The summed E-state index contributed by atoms with van der Waals surface area (Å²) in [5.74, 6) is -5.32. The minimum Gasteiger partial charge on any atom is -0.508 e. The van der Waals surface area contributed by atoms with Crippen LogP contribution in [0.3, 0.4) is 0 Å². The van der Waals surface area contributed by atoms with Crippen LogP contribution in [-0.2, 0) is 35.2 Å². The summed E-state index contributed by atoms with van der Waals surface area (Å²) in [7, 11) is 0. The van der Waals surface area contributed by atoms with Crippen molar-refractivity contribution in [2.24, 2.45) is 57.9 Å². The molecule has 0 spiro atoms. The summed E-state index contributed by atoms with van der Waals surface area (Å²) >= 11 is 0. The van der Waals surface area contributed by atoms with Crippen molar-refractivity contribution >= 4 is 41.8 Å². The number of rotatable bonds is 16. The lowest BCUT2D eigenvalue weighted by molar-refractivity contribution is -0.140. The Morgan fingerprint density at radius 3 is 1.24 bits per heavy atom. The van der Waals surface area contributed by atoms with Gasteiger partial charge in [-0.1, -0.05) is 53.7 Å². The smallest absolute Gasteiger partial charge is 0.320 e. The van der Waals surface area contributed by atoms with Crippen LogP contribution in [0, 0.1) is 23.2 Å². The van der Waals surface area contributed by atoms with E-state index in [0.29, 0.717) is 31.7 Å². The van der Waals surface area contributed by atoms with Crippen LogP contribution in [-0.4, -0.2) is 121 Å². The van der Waals surface area contributed by atoms with Gasteiger partial charge in [-0.05, 0) is 61.1 Å². The van der Waals surface area contributed by atoms with Gasteiger partial charge in [-0.25, -0.2) is 0 Å². The first-order valence-corrected chi connectivity index (χ1v) is 16.7. The maximum absolute atomic E-state index is 10.4. The van der Waals surface area contributed by atoms with Crippen LogP contribution in [0.15, 0.2) is 24.3 Å². The summed E-state index contributed by atoms with van der Waals surface area (Å²) in [5, 5.41) is 67.5. The molecule has 0 saturated carbocycles. The summed E-state index contributed by atoms with van der Waals surface area (Å²) in [6, 6.07) is 2.49. The number of carboxylic acids is 6. The first-order valence-electron chi connectivity index (χ1n) is 16.7. The molecule has 0 aliphatic heterocycles. The Balaban J connectivity index is -0.000000186. The number of hydrogen-bond acceptors (Lipinski definition) is 14. The summed E-state index contributed by atoms with van der Waals surface area (Å²) in [6.07, 6.45) is 1.80. The van der Waals surface area contributed by atoms with E-state index in [1.165, 1.54) is 12.1 Å². The molecule has 1 aromatic rings. The molecular formula is C33H65N9O13. The van der Waals surface area contributed by atoms with Crippen LogP contribution in [0.5, 0.6) is 5.75 Å². The van der Waals surface area contributed by atoms with Crippen LogP contribution in [0.25, 0.3) is 0 Å². The van der Waals surface area contributed by atoms with E-state index in [2.05, 4.69) is 11.1 Å². The molecule has 1 aromatic carbocycles. The number of nitrogens with one attached hydrogen (secondary N) is 2. The van der Waals surface area contributed by atoms with Gasteiger partial charge in [-0.2, -0.15) is 0 Å². The van der Waals surface area contributed by atoms with Crippen molar-refractivity contribution in [3.05, 3.63) is 29.8 Å². The molecule has 0 aromatic heterocycles. The monoisotopic (exact) mass is 795 g/mol. The standard InChI is InChI=1S/C9H11NO3.C6H14N4O2.C6H13NO2.2C5H11NO2.C2H5NO2/c10-8(9(12)13)5-6-1-3-7(11)4-2-6;7-4(5(11)12)2-1-3-10-6(8)9;1-4(2)3-5(7)6(8)9;2*1-3(2)4(6)5(7)8;3-1-2(4)5/h1-4,8,11H,5,10H2,(H,12,13);4H,1-3,7H2,(H,11,12)(H4,8,9,10);4-5H,3,7H2,1-2H3,(H,8,9);2*3-4H,6H2,1-2H3,(H,7,8);1,3H2,(H,4,5). The highest BCUT2D eigenvalue weighted by atomic mass is 16.4. The van der Waals surface area contributed by atoms with Crippen molar-refractivity contribution in [3.63, 3.8) is 0 Å². The molecule has 5 atom stereocenters. The Morgan fingerprint density at radius 2 is 1.02 bits per heavy atom. The van der Waals surface area contributed by atoms with E-state index in [9.17, 15) is 28.8 Å². The van der Waals surface area contributed by atoms with Gasteiger partial charge in [0, 0.05) is 6.54 Å². The van der Waals surface area contributed by atoms with Gasteiger partial charge in [0.25, 0.3) is 0 Å². The maximum atomic E-state index is 10.4. The summed E-state index contributed by atoms with van der Waals surface area (Å²) < 4.78 is 0. The first-order chi connectivity index (χ1) is 25.0. The molecule has 0 saturated heterocycles. The zero-order chi connectivity index (χ0) is 44.6. The van der Waals surface area contributed by atoms with Crippen LogP contribution in [0.2, 0.25) is 0 Å².